The van der Waals surface area contributed by atoms with Crippen molar-refractivity contribution < 1.29 is 9.50 Å². The van der Waals surface area contributed by atoms with E-state index in [-0.39, 0.29) is 5.76 Å². The lowest BCUT2D eigenvalue weighted by Gasteiger charge is -2.05. The first kappa shape index (κ1) is 5.35. The van der Waals surface area contributed by atoms with Crippen LogP contribution in [0.2, 0.25) is 0 Å². The van der Waals surface area contributed by atoms with Crippen molar-refractivity contribution in [1.29, 1.82) is 0 Å². The molecule has 0 saturated carbocycles. The van der Waals surface area contributed by atoms with E-state index in [1.165, 1.54) is 6.08 Å². The topological polar surface area (TPSA) is 20.2 Å². The molecule has 44 valence electrons. The van der Waals surface area contributed by atoms with E-state index in [2.05, 4.69) is 0 Å². The predicted molar refractivity (Wildman–Crippen MR) is 29.4 cm³/mol. The Balaban J connectivity index is 2.66. The minimum absolute atomic E-state index is 0.160. The van der Waals surface area contributed by atoms with Gasteiger partial charge >= 0.3 is 0 Å². The zero-order valence-electron chi connectivity index (χ0n) is 4.34. The SMILES string of the molecule is OC1=CC=CCC1F. The Labute approximate surface area is 47.1 Å². The fraction of sp³-hybridized carbons (Fsp3) is 0.333. The Morgan fingerprint density at radius 1 is 1.75 bits per heavy atom. The van der Waals surface area contributed by atoms with Crippen molar-refractivity contribution in [2.75, 3.05) is 0 Å². The van der Waals surface area contributed by atoms with E-state index in [1.807, 2.05) is 0 Å². The molecule has 1 aliphatic carbocycles. The zero-order chi connectivity index (χ0) is 5.98. The van der Waals surface area contributed by atoms with Crippen LogP contribution >= 0.6 is 0 Å². The monoisotopic (exact) mass is 114 g/mol. The van der Waals surface area contributed by atoms with Crippen molar-refractivity contribution in [3.63, 3.8) is 0 Å². The molecule has 0 spiro atoms. The van der Waals surface area contributed by atoms with Crippen molar-refractivity contribution in [3.05, 3.63) is 24.0 Å². The smallest absolute Gasteiger partial charge is 0.160 e. The maximum atomic E-state index is 12.2. The van der Waals surface area contributed by atoms with Gasteiger partial charge in [0.25, 0.3) is 0 Å². The van der Waals surface area contributed by atoms with Crippen LogP contribution in [0.5, 0.6) is 0 Å². The highest BCUT2D eigenvalue weighted by molar-refractivity contribution is 5.16. The molecule has 0 aromatic heterocycles. The summed E-state index contributed by atoms with van der Waals surface area (Å²) in [7, 11) is 0. The van der Waals surface area contributed by atoms with Crippen LogP contribution in [0.15, 0.2) is 24.0 Å². The van der Waals surface area contributed by atoms with Crippen molar-refractivity contribution in [2.24, 2.45) is 0 Å². The van der Waals surface area contributed by atoms with E-state index < -0.39 is 6.17 Å². The van der Waals surface area contributed by atoms with Crippen LogP contribution in [0.3, 0.4) is 0 Å². The Hall–Kier alpha value is -0.790. The third-order valence-electron chi connectivity index (χ3n) is 1.07. The molecule has 2 heteroatoms. The van der Waals surface area contributed by atoms with Crippen molar-refractivity contribution in [3.8, 4) is 0 Å². The third-order valence-corrected chi connectivity index (χ3v) is 1.07. The van der Waals surface area contributed by atoms with Gasteiger partial charge in [-0.05, 0) is 6.08 Å². The summed E-state index contributed by atoms with van der Waals surface area (Å²) in [6.07, 6.45) is 3.84. The normalized spacial score (nSPS) is 27.6. The summed E-state index contributed by atoms with van der Waals surface area (Å²) in [6, 6.07) is 0. The fourth-order valence-electron chi connectivity index (χ4n) is 0.590. The highest BCUT2D eigenvalue weighted by Gasteiger charge is 2.10. The first-order valence-corrected chi connectivity index (χ1v) is 2.50. The summed E-state index contributed by atoms with van der Waals surface area (Å²) in [5.74, 6) is -0.160. The molecule has 0 radical (unpaired) electrons. The molecule has 1 atom stereocenters. The van der Waals surface area contributed by atoms with Gasteiger partial charge in [0.1, 0.15) is 5.76 Å². The van der Waals surface area contributed by atoms with Gasteiger partial charge in [0.15, 0.2) is 6.17 Å². The summed E-state index contributed by atoms with van der Waals surface area (Å²) in [6.45, 7) is 0. The first-order valence-electron chi connectivity index (χ1n) is 2.50. The number of allylic oxidation sites excluding steroid dienone is 4. The second kappa shape index (κ2) is 1.99. The highest BCUT2D eigenvalue weighted by atomic mass is 19.1. The lowest BCUT2D eigenvalue weighted by atomic mass is 10.1. The van der Waals surface area contributed by atoms with Crippen LogP contribution in [0.25, 0.3) is 0 Å². The summed E-state index contributed by atoms with van der Waals surface area (Å²) >= 11 is 0. The van der Waals surface area contributed by atoms with Crippen LogP contribution in [0.4, 0.5) is 4.39 Å². The van der Waals surface area contributed by atoms with E-state index >= 15 is 0 Å². The second-order valence-electron chi connectivity index (χ2n) is 1.72. The van der Waals surface area contributed by atoms with E-state index in [4.69, 9.17) is 5.11 Å². The van der Waals surface area contributed by atoms with Crippen molar-refractivity contribution in [1.82, 2.24) is 0 Å². The maximum Gasteiger partial charge on any atom is 0.160 e. The first-order chi connectivity index (χ1) is 3.80. The van der Waals surface area contributed by atoms with Gasteiger partial charge in [-0.15, -0.1) is 0 Å². The van der Waals surface area contributed by atoms with Crippen LogP contribution in [-0.4, -0.2) is 11.3 Å². The molecule has 0 heterocycles. The Morgan fingerprint density at radius 2 is 2.50 bits per heavy atom. The summed E-state index contributed by atoms with van der Waals surface area (Å²) in [4.78, 5) is 0. The number of rotatable bonds is 0. The summed E-state index contributed by atoms with van der Waals surface area (Å²) in [5.41, 5.74) is 0. The molecule has 1 unspecified atom stereocenters. The van der Waals surface area contributed by atoms with Crippen LogP contribution in [0.1, 0.15) is 6.42 Å². The number of halogens is 1. The van der Waals surface area contributed by atoms with E-state index in [0.29, 0.717) is 6.42 Å². The number of aliphatic hydroxyl groups excluding tert-OH is 1. The van der Waals surface area contributed by atoms with E-state index in [9.17, 15) is 4.39 Å². The van der Waals surface area contributed by atoms with Gasteiger partial charge in [-0.25, -0.2) is 4.39 Å². The Kier molecular flexibility index (Phi) is 1.33. The van der Waals surface area contributed by atoms with Crippen LogP contribution in [-0.2, 0) is 0 Å². The molecular formula is C6H7FO. The van der Waals surface area contributed by atoms with Gasteiger partial charge in [0.05, 0.1) is 0 Å². The van der Waals surface area contributed by atoms with Gasteiger partial charge in [-0.3, -0.25) is 0 Å². The van der Waals surface area contributed by atoms with E-state index in [0.717, 1.165) is 0 Å². The molecule has 0 aliphatic heterocycles. The van der Waals surface area contributed by atoms with Gasteiger partial charge in [-0.1, -0.05) is 12.2 Å². The minimum atomic E-state index is -1.17. The van der Waals surface area contributed by atoms with Gasteiger partial charge in [-0.2, -0.15) is 0 Å². The lowest BCUT2D eigenvalue weighted by molar-refractivity contribution is 0.259. The lowest BCUT2D eigenvalue weighted by Crippen LogP contribution is -2.04. The fourth-order valence-corrected chi connectivity index (χ4v) is 0.590. The van der Waals surface area contributed by atoms with Gasteiger partial charge < -0.3 is 5.11 Å². The zero-order valence-corrected chi connectivity index (χ0v) is 4.34. The van der Waals surface area contributed by atoms with Crippen LogP contribution in [0, 0.1) is 0 Å². The Morgan fingerprint density at radius 3 is 2.88 bits per heavy atom. The van der Waals surface area contributed by atoms with Gasteiger partial charge in [0, 0.05) is 6.42 Å². The molecule has 1 N–H and O–H groups in total. The highest BCUT2D eigenvalue weighted by Crippen LogP contribution is 2.12. The summed E-state index contributed by atoms with van der Waals surface area (Å²) in [5, 5.41) is 8.61. The molecule has 1 rings (SSSR count). The van der Waals surface area contributed by atoms with Crippen molar-refractivity contribution in [2.45, 2.75) is 12.6 Å². The van der Waals surface area contributed by atoms with Crippen molar-refractivity contribution >= 4 is 0 Å². The minimum Gasteiger partial charge on any atom is -0.509 e. The maximum absolute atomic E-state index is 12.2. The Bertz CT molecular complexity index is 137. The molecule has 8 heavy (non-hydrogen) atoms. The standard InChI is InChI=1S/C6H7FO/c7-5-3-1-2-4-6(5)8/h1-2,4-5,8H,3H2. The number of hydrogen-bond acceptors (Lipinski definition) is 1. The molecule has 0 saturated heterocycles. The third kappa shape index (κ3) is 0.886. The molecule has 0 amide bonds. The average Bonchev–Trinajstić information content (AvgIpc) is 1.77. The summed E-state index contributed by atoms with van der Waals surface area (Å²) < 4.78 is 12.2. The second-order valence-corrected chi connectivity index (χ2v) is 1.72. The molecule has 1 nitrogen and oxygen atoms in total. The van der Waals surface area contributed by atoms with E-state index in [1.54, 1.807) is 12.2 Å². The molecule has 0 aromatic carbocycles. The van der Waals surface area contributed by atoms with Gasteiger partial charge in [0.2, 0.25) is 0 Å². The molecule has 0 bridgehead atoms. The quantitative estimate of drug-likeness (QED) is 0.508. The average molecular weight is 114 g/mol. The largest absolute Gasteiger partial charge is 0.509 e. The molecule has 0 aromatic rings. The number of aliphatic hydroxyl groups is 1. The molecular weight excluding hydrogens is 107 g/mol. The number of alkyl halides is 1. The molecule has 1 aliphatic rings. The van der Waals surface area contributed by atoms with Crippen LogP contribution < -0.4 is 0 Å². The molecule has 0 fully saturated rings. The number of hydrogen-bond donors (Lipinski definition) is 1. The predicted octanol–water partition coefficient (Wildman–Crippen LogP) is 1.73.